The zero-order chi connectivity index (χ0) is 13.6. The molecule has 7 nitrogen and oxygen atoms in total. The van der Waals surface area contributed by atoms with Crippen LogP contribution < -0.4 is 11.1 Å². The SMILES string of the molecule is CC(C)C[C@H](NC(=O)[C@@H](N)CO)C(O)C(=O)O.Cl. The molecule has 0 radical (unpaired) electrons. The topological polar surface area (TPSA) is 133 Å². The number of halogens is 1. The molecule has 8 heteroatoms. The lowest BCUT2D eigenvalue weighted by Gasteiger charge is -2.24. The number of nitrogens with one attached hydrogen (secondary N) is 1. The van der Waals surface area contributed by atoms with Gasteiger partial charge in [-0.25, -0.2) is 4.79 Å². The molecule has 1 amide bonds. The Balaban J connectivity index is 0. The minimum atomic E-state index is -1.69. The maximum atomic E-state index is 11.4. The van der Waals surface area contributed by atoms with Crippen LogP contribution in [0.4, 0.5) is 0 Å². The van der Waals surface area contributed by atoms with Gasteiger partial charge in [-0.2, -0.15) is 0 Å². The molecule has 0 spiro atoms. The summed E-state index contributed by atoms with van der Waals surface area (Å²) in [5, 5.41) is 29.1. The number of carbonyl (C=O) groups is 2. The second-order valence-electron chi connectivity index (χ2n) is 4.32. The summed E-state index contributed by atoms with van der Waals surface area (Å²) in [4.78, 5) is 22.1. The van der Waals surface area contributed by atoms with Crippen molar-refractivity contribution >= 4 is 24.3 Å². The van der Waals surface area contributed by atoms with Crippen LogP contribution in [0.25, 0.3) is 0 Å². The first kappa shape index (κ1) is 19.4. The lowest BCUT2D eigenvalue weighted by Crippen LogP contribution is -2.53. The summed E-state index contributed by atoms with van der Waals surface area (Å²) in [5.41, 5.74) is 5.28. The van der Waals surface area contributed by atoms with Gasteiger partial charge in [0.1, 0.15) is 6.04 Å². The highest BCUT2D eigenvalue weighted by atomic mass is 35.5. The van der Waals surface area contributed by atoms with Gasteiger partial charge in [-0.3, -0.25) is 4.79 Å². The number of carbonyl (C=O) groups excluding carboxylic acids is 1. The van der Waals surface area contributed by atoms with E-state index >= 15 is 0 Å². The van der Waals surface area contributed by atoms with Crippen LogP contribution in [-0.2, 0) is 9.59 Å². The number of aliphatic hydroxyl groups is 2. The molecule has 18 heavy (non-hydrogen) atoms. The van der Waals surface area contributed by atoms with E-state index in [4.69, 9.17) is 15.9 Å². The van der Waals surface area contributed by atoms with Crippen molar-refractivity contribution < 1.29 is 24.9 Å². The molecule has 0 aromatic carbocycles. The number of hydrogen-bond donors (Lipinski definition) is 5. The van der Waals surface area contributed by atoms with E-state index in [2.05, 4.69) is 5.32 Å². The van der Waals surface area contributed by atoms with Gasteiger partial charge < -0.3 is 26.4 Å². The van der Waals surface area contributed by atoms with Crippen molar-refractivity contribution in [1.82, 2.24) is 5.32 Å². The molecule has 0 aliphatic carbocycles. The number of hydrogen-bond acceptors (Lipinski definition) is 5. The van der Waals surface area contributed by atoms with Crippen LogP contribution in [0.2, 0.25) is 0 Å². The predicted octanol–water partition coefficient (Wildman–Crippen LogP) is -1.30. The van der Waals surface area contributed by atoms with Crippen molar-refractivity contribution in [2.45, 2.75) is 38.5 Å². The van der Waals surface area contributed by atoms with E-state index < -0.39 is 36.7 Å². The quantitative estimate of drug-likeness (QED) is 0.395. The van der Waals surface area contributed by atoms with Crippen molar-refractivity contribution in [2.75, 3.05) is 6.61 Å². The molecule has 0 heterocycles. The van der Waals surface area contributed by atoms with Gasteiger partial charge in [-0.15, -0.1) is 12.4 Å². The Morgan fingerprint density at radius 1 is 1.33 bits per heavy atom. The van der Waals surface area contributed by atoms with Crippen LogP contribution in [0.5, 0.6) is 0 Å². The number of amides is 1. The number of aliphatic hydroxyl groups excluding tert-OH is 2. The molecule has 0 bridgehead atoms. The summed E-state index contributed by atoms with van der Waals surface area (Å²) < 4.78 is 0. The van der Waals surface area contributed by atoms with Crippen LogP contribution >= 0.6 is 12.4 Å². The van der Waals surface area contributed by atoms with Crippen LogP contribution in [0.15, 0.2) is 0 Å². The van der Waals surface area contributed by atoms with Gasteiger partial charge in [-0.05, 0) is 12.3 Å². The fourth-order valence-corrected chi connectivity index (χ4v) is 1.32. The van der Waals surface area contributed by atoms with Crippen molar-refractivity contribution in [3.05, 3.63) is 0 Å². The number of carboxylic acids is 1. The van der Waals surface area contributed by atoms with Gasteiger partial charge in [0.15, 0.2) is 6.10 Å². The van der Waals surface area contributed by atoms with E-state index in [9.17, 15) is 14.7 Å². The average molecular weight is 285 g/mol. The van der Waals surface area contributed by atoms with Gasteiger partial charge in [0, 0.05) is 0 Å². The Kier molecular flexibility index (Phi) is 9.83. The average Bonchev–Trinajstić information content (AvgIpc) is 2.24. The van der Waals surface area contributed by atoms with Gasteiger partial charge in [0.05, 0.1) is 12.6 Å². The van der Waals surface area contributed by atoms with Gasteiger partial charge >= 0.3 is 5.97 Å². The molecule has 3 atom stereocenters. The molecule has 0 rings (SSSR count). The fourth-order valence-electron chi connectivity index (χ4n) is 1.32. The van der Waals surface area contributed by atoms with E-state index in [0.29, 0.717) is 6.42 Å². The summed E-state index contributed by atoms with van der Waals surface area (Å²) in [7, 11) is 0. The van der Waals surface area contributed by atoms with E-state index in [1.165, 1.54) is 0 Å². The van der Waals surface area contributed by atoms with E-state index in [1.54, 1.807) is 0 Å². The molecule has 0 aromatic rings. The van der Waals surface area contributed by atoms with Gasteiger partial charge in [0.25, 0.3) is 0 Å². The minimum absolute atomic E-state index is 0. The first-order chi connectivity index (χ1) is 7.79. The standard InChI is InChI=1S/C10H20N2O5.ClH/c1-5(2)3-7(8(14)10(16)17)12-9(15)6(11)4-13;/h5-8,13-14H,3-4,11H2,1-2H3,(H,12,15)(H,16,17);1H/t6-,7-,8?;/m0./s1. The Bertz CT molecular complexity index is 275. The normalized spacial score (nSPS) is 15.4. The Morgan fingerprint density at radius 3 is 2.17 bits per heavy atom. The van der Waals surface area contributed by atoms with Crippen molar-refractivity contribution in [2.24, 2.45) is 11.7 Å². The van der Waals surface area contributed by atoms with E-state index in [1.807, 2.05) is 13.8 Å². The summed E-state index contributed by atoms with van der Waals surface area (Å²) in [6.07, 6.45) is -1.38. The molecular formula is C10H21ClN2O5. The number of nitrogens with two attached hydrogens (primary N) is 1. The molecule has 0 saturated carbocycles. The molecule has 0 aliphatic heterocycles. The van der Waals surface area contributed by atoms with Crippen LogP contribution in [-0.4, -0.2) is 52.0 Å². The largest absolute Gasteiger partial charge is 0.479 e. The lowest BCUT2D eigenvalue weighted by atomic mass is 9.99. The van der Waals surface area contributed by atoms with Gasteiger partial charge in [-0.1, -0.05) is 13.8 Å². The highest BCUT2D eigenvalue weighted by molar-refractivity contribution is 5.85. The minimum Gasteiger partial charge on any atom is -0.479 e. The highest BCUT2D eigenvalue weighted by Crippen LogP contribution is 2.09. The van der Waals surface area contributed by atoms with Crippen molar-refractivity contribution in [3.63, 3.8) is 0 Å². The van der Waals surface area contributed by atoms with Crippen molar-refractivity contribution in [3.8, 4) is 0 Å². The summed E-state index contributed by atoms with van der Waals surface area (Å²) in [5.74, 6) is -1.99. The fraction of sp³-hybridized carbons (Fsp3) is 0.800. The molecule has 0 saturated heterocycles. The van der Waals surface area contributed by atoms with Crippen LogP contribution in [0.1, 0.15) is 20.3 Å². The molecule has 0 fully saturated rings. The van der Waals surface area contributed by atoms with Crippen LogP contribution in [0, 0.1) is 5.92 Å². The predicted molar refractivity (Wildman–Crippen MR) is 67.3 cm³/mol. The Morgan fingerprint density at radius 2 is 1.83 bits per heavy atom. The second kappa shape index (κ2) is 9.09. The third kappa shape index (κ3) is 6.75. The monoisotopic (exact) mass is 284 g/mol. The lowest BCUT2D eigenvalue weighted by molar-refractivity contribution is -0.149. The first-order valence-corrected chi connectivity index (χ1v) is 5.37. The molecule has 6 N–H and O–H groups in total. The highest BCUT2D eigenvalue weighted by Gasteiger charge is 2.29. The third-order valence-electron chi connectivity index (χ3n) is 2.22. The third-order valence-corrected chi connectivity index (χ3v) is 2.22. The van der Waals surface area contributed by atoms with Crippen molar-refractivity contribution in [1.29, 1.82) is 0 Å². The van der Waals surface area contributed by atoms with Gasteiger partial charge in [0.2, 0.25) is 5.91 Å². The molecule has 108 valence electrons. The summed E-state index contributed by atoms with van der Waals surface area (Å²) in [6.45, 7) is 3.13. The zero-order valence-electron chi connectivity index (χ0n) is 10.4. The summed E-state index contributed by atoms with van der Waals surface area (Å²) >= 11 is 0. The van der Waals surface area contributed by atoms with E-state index in [-0.39, 0.29) is 18.3 Å². The van der Waals surface area contributed by atoms with E-state index in [0.717, 1.165) is 0 Å². The smallest absolute Gasteiger partial charge is 0.334 e. The molecule has 0 aromatic heterocycles. The number of rotatable bonds is 7. The number of carboxylic acid groups (broad SMARTS) is 1. The second-order valence-corrected chi connectivity index (χ2v) is 4.32. The maximum absolute atomic E-state index is 11.4. The molecule has 1 unspecified atom stereocenters. The molecule has 0 aliphatic rings. The molecular weight excluding hydrogens is 264 g/mol. The maximum Gasteiger partial charge on any atom is 0.334 e. The Labute approximate surface area is 112 Å². The first-order valence-electron chi connectivity index (χ1n) is 5.37. The van der Waals surface area contributed by atoms with Crippen LogP contribution in [0.3, 0.4) is 0 Å². The summed E-state index contributed by atoms with van der Waals surface area (Å²) in [6, 6.07) is -2.04. The Hall–Kier alpha value is -0.890. The number of aliphatic carboxylic acids is 1. The zero-order valence-corrected chi connectivity index (χ0v) is 11.2.